The molecule has 3 saturated heterocycles. The molecule has 1 unspecified atom stereocenters. The second kappa shape index (κ2) is 6.03. The van der Waals surface area contributed by atoms with Gasteiger partial charge in [-0.1, -0.05) is 6.92 Å². The molecule has 128 valence electrons. The number of anilines is 1. The van der Waals surface area contributed by atoms with E-state index in [0.717, 1.165) is 63.3 Å². The molecule has 0 spiro atoms. The molecule has 0 saturated carbocycles. The molecule has 1 atom stereocenters. The van der Waals surface area contributed by atoms with Crippen LogP contribution in [0.25, 0.3) is 0 Å². The highest BCUT2D eigenvalue weighted by Gasteiger charge is 2.50. The lowest BCUT2D eigenvalue weighted by Gasteiger charge is -2.36. The van der Waals surface area contributed by atoms with Crippen LogP contribution in [0.4, 0.5) is 10.6 Å². The molecule has 4 rings (SSSR count). The average molecular weight is 329 g/mol. The van der Waals surface area contributed by atoms with Crippen molar-refractivity contribution in [1.29, 1.82) is 0 Å². The third-order valence-corrected chi connectivity index (χ3v) is 5.45. The first-order valence-electron chi connectivity index (χ1n) is 8.88. The van der Waals surface area contributed by atoms with Crippen molar-refractivity contribution in [3.05, 3.63) is 18.1 Å². The lowest BCUT2D eigenvalue weighted by atomic mass is 10.0. The molecule has 1 aromatic heterocycles. The Bertz CT molecular complexity index is 634. The van der Waals surface area contributed by atoms with Crippen LogP contribution in [0.2, 0.25) is 0 Å². The van der Waals surface area contributed by atoms with Crippen LogP contribution < -0.4 is 4.90 Å². The van der Waals surface area contributed by atoms with Gasteiger partial charge in [-0.3, -0.25) is 9.69 Å². The Balaban J connectivity index is 1.43. The Hall–Kier alpha value is -2.18. The van der Waals surface area contributed by atoms with Crippen molar-refractivity contribution in [3.8, 4) is 0 Å². The number of amides is 3. The molecule has 3 aliphatic rings. The van der Waals surface area contributed by atoms with E-state index < -0.39 is 0 Å². The fourth-order valence-corrected chi connectivity index (χ4v) is 4.09. The summed E-state index contributed by atoms with van der Waals surface area (Å²) in [5.41, 5.74) is 1.03. The second-order valence-electron chi connectivity index (χ2n) is 6.78. The van der Waals surface area contributed by atoms with E-state index in [-0.39, 0.29) is 24.0 Å². The highest BCUT2D eigenvalue weighted by atomic mass is 16.2. The number of rotatable bonds is 3. The summed E-state index contributed by atoms with van der Waals surface area (Å²) in [4.78, 5) is 39.2. The van der Waals surface area contributed by atoms with Crippen LogP contribution in [0.3, 0.4) is 0 Å². The van der Waals surface area contributed by atoms with Crippen molar-refractivity contribution >= 4 is 17.8 Å². The molecule has 0 aromatic carbocycles. The van der Waals surface area contributed by atoms with Gasteiger partial charge in [0, 0.05) is 37.4 Å². The highest BCUT2D eigenvalue weighted by molar-refractivity contribution is 6.04. The molecule has 0 radical (unpaired) electrons. The van der Waals surface area contributed by atoms with E-state index in [1.165, 1.54) is 0 Å². The molecule has 7 heteroatoms. The van der Waals surface area contributed by atoms with Crippen LogP contribution in [0.15, 0.2) is 12.4 Å². The number of carbonyl (C=O) groups is 2. The van der Waals surface area contributed by atoms with E-state index in [1.54, 1.807) is 16.1 Å². The van der Waals surface area contributed by atoms with Gasteiger partial charge in [-0.2, -0.15) is 0 Å². The number of aromatic nitrogens is 2. The van der Waals surface area contributed by atoms with Gasteiger partial charge in [-0.25, -0.2) is 14.8 Å². The normalized spacial score (nSPS) is 24.9. The second-order valence-corrected chi connectivity index (χ2v) is 6.78. The molecule has 0 bridgehead atoms. The van der Waals surface area contributed by atoms with Gasteiger partial charge in [0.2, 0.25) is 0 Å². The molecule has 3 aliphatic heterocycles. The van der Waals surface area contributed by atoms with Crippen molar-refractivity contribution in [2.24, 2.45) is 0 Å². The minimum atomic E-state index is -0.190. The average Bonchev–Trinajstić information content (AvgIpc) is 3.19. The van der Waals surface area contributed by atoms with Crippen LogP contribution >= 0.6 is 0 Å². The Morgan fingerprint density at radius 1 is 1.12 bits per heavy atom. The lowest BCUT2D eigenvalue weighted by molar-refractivity contribution is -0.129. The maximum atomic E-state index is 12.6. The largest absolute Gasteiger partial charge is 0.356 e. The minimum absolute atomic E-state index is 0.0197. The van der Waals surface area contributed by atoms with Gasteiger partial charge in [-0.15, -0.1) is 0 Å². The van der Waals surface area contributed by atoms with E-state index in [4.69, 9.17) is 0 Å². The van der Waals surface area contributed by atoms with Crippen LogP contribution in [0.5, 0.6) is 0 Å². The predicted molar refractivity (Wildman–Crippen MR) is 88.6 cm³/mol. The Labute approximate surface area is 141 Å². The summed E-state index contributed by atoms with van der Waals surface area (Å²) in [5.74, 6) is 0.964. The molecule has 1 aromatic rings. The standard InChI is InChI=1S/C17H23N5O2/c1-2-12-10-15(19-11-18-12)20-8-5-13(6-9-20)22-16(23)14-4-3-7-21(14)17(22)24/h10-11,13-14H,2-9H2,1H3. The number of imide groups is 1. The van der Waals surface area contributed by atoms with Gasteiger partial charge in [0.25, 0.3) is 5.91 Å². The smallest absolute Gasteiger partial charge is 0.327 e. The Kier molecular flexibility index (Phi) is 3.86. The third kappa shape index (κ3) is 2.42. The van der Waals surface area contributed by atoms with Crippen molar-refractivity contribution in [2.45, 2.75) is 51.1 Å². The number of hydrogen-bond donors (Lipinski definition) is 0. The molecular weight excluding hydrogens is 306 g/mol. The number of hydrogen-bond acceptors (Lipinski definition) is 5. The third-order valence-electron chi connectivity index (χ3n) is 5.45. The lowest BCUT2D eigenvalue weighted by Crippen LogP contribution is -2.48. The summed E-state index contributed by atoms with van der Waals surface area (Å²) in [5, 5.41) is 0. The fourth-order valence-electron chi connectivity index (χ4n) is 4.09. The Morgan fingerprint density at radius 2 is 1.92 bits per heavy atom. The zero-order chi connectivity index (χ0) is 16.7. The molecule has 4 heterocycles. The number of carbonyl (C=O) groups excluding carboxylic acids is 2. The molecular formula is C17H23N5O2. The van der Waals surface area contributed by atoms with Gasteiger partial charge in [-0.05, 0) is 32.1 Å². The van der Waals surface area contributed by atoms with E-state index in [0.29, 0.717) is 0 Å². The van der Waals surface area contributed by atoms with E-state index in [9.17, 15) is 9.59 Å². The first kappa shape index (κ1) is 15.4. The van der Waals surface area contributed by atoms with E-state index in [1.807, 2.05) is 6.07 Å². The summed E-state index contributed by atoms with van der Waals surface area (Å²) >= 11 is 0. The zero-order valence-electron chi connectivity index (χ0n) is 14.0. The minimum Gasteiger partial charge on any atom is -0.356 e. The molecule has 3 fully saturated rings. The molecule has 7 nitrogen and oxygen atoms in total. The molecule has 3 amide bonds. The first-order valence-corrected chi connectivity index (χ1v) is 8.88. The topological polar surface area (TPSA) is 69.6 Å². The molecule has 0 aliphatic carbocycles. The number of nitrogens with zero attached hydrogens (tertiary/aromatic N) is 5. The van der Waals surface area contributed by atoms with Crippen LogP contribution in [-0.4, -0.2) is 63.4 Å². The summed E-state index contributed by atoms with van der Waals surface area (Å²) in [6.45, 7) is 4.43. The van der Waals surface area contributed by atoms with Crippen molar-refractivity contribution in [3.63, 3.8) is 0 Å². The fraction of sp³-hybridized carbons (Fsp3) is 0.647. The summed E-state index contributed by atoms with van der Waals surface area (Å²) in [6.07, 6.45) is 5.89. The van der Waals surface area contributed by atoms with Gasteiger partial charge >= 0.3 is 6.03 Å². The van der Waals surface area contributed by atoms with Gasteiger partial charge < -0.3 is 9.80 Å². The Morgan fingerprint density at radius 3 is 2.62 bits per heavy atom. The number of fused-ring (bicyclic) bond motifs is 1. The first-order chi connectivity index (χ1) is 11.7. The van der Waals surface area contributed by atoms with E-state index in [2.05, 4.69) is 21.8 Å². The monoisotopic (exact) mass is 329 g/mol. The summed E-state index contributed by atoms with van der Waals surface area (Å²) < 4.78 is 0. The predicted octanol–water partition coefficient (Wildman–Crippen LogP) is 1.43. The van der Waals surface area contributed by atoms with Crippen molar-refractivity contribution in [1.82, 2.24) is 19.8 Å². The number of urea groups is 1. The molecule has 0 N–H and O–H groups in total. The quantitative estimate of drug-likeness (QED) is 0.785. The number of piperidine rings is 1. The van der Waals surface area contributed by atoms with Crippen LogP contribution in [-0.2, 0) is 11.2 Å². The highest BCUT2D eigenvalue weighted by Crippen LogP contribution is 2.32. The summed E-state index contributed by atoms with van der Waals surface area (Å²) in [6, 6.07) is 1.79. The van der Waals surface area contributed by atoms with Crippen molar-refractivity contribution < 1.29 is 9.59 Å². The van der Waals surface area contributed by atoms with Gasteiger partial charge in [0.1, 0.15) is 18.2 Å². The maximum absolute atomic E-state index is 12.6. The van der Waals surface area contributed by atoms with Gasteiger partial charge in [0.15, 0.2) is 0 Å². The SMILES string of the molecule is CCc1cc(N2CCC(N3C(=O)C4CCCN4C3=O)CC2)ncn1. The summed E-state index contributed by atoms with van der Waals surface area (Å²) in [7, 11) is 0. The van der Waals surface area contributed by atoms with Crippen LogP contribution in [0.1, 0.15) is 38.3 Å². The van der Waals surface area contributed by atoms with Gasteiger partial charge in [0.05, 0.1) is 0 Å². The van der Waals surface area contributed by atoms with Crippen molar-refractivity contribution in [2.75, 3.05) is 24.5 Å². The van der Waals surface area contributed by atoms with Crippen LogP contribution in [0, 0.1) is 0 Å². The van der Waals surface area contributed by atoms with E-state index >= 15 is 0 Å². The number of aryl methyl sites for hydroxylation is 1. The maximum Gasteiger partial charge on any atom is 0.327 e. The zero-order valence-corrected chi connectivity index (χ0v) is 14.0. The molecule has 24 heavy (non-hydrogen) atoms.